The smallest absolute Gasteiger partial charge is 0.325 e. The van der Waals surface area contributed by atoms with Crippen LogP contribution in [0.3, 0.4) is 0 Å². The molecule has 1 fully saturated rings. The molecule has 0 bridgehead atoms. The van der Waals surface area contributed by atoms with Crippen molar-refractivity contribution in [3.05, 3.63) is 23.8 Å². The van der Waals surface area contributed by atoms with Crippen molar-refractivity contribution in [1.82, 2.24) is 15.1 Å². The molecule has 1 unspecified atom stereocenters. The largest absolute Gasteiger partial charge is 0.423 e. The van der Waals surface area contributed by atoms with E-state index < -0.39 is 35.8 Å². The van der Waals surface area contributed by atoms with Crippen LogP contribution in [0.2, 0.25) is 0 Å². The van der Waals surface area contributed by atoms with Crippen molar-refractivity contribution in [3.63, 3.8) is 0 Å². The summed E-state index contributed by atoms with van der Waals surface area (Å²) >= 11 is 0. The summed E-state index contributed by atoms with van der Waals surface area (Å²) in [6.07, 6.45) is 0.408. The molecule has 1 heterocycles. The lowest BCUT2D eigenvalue weighted by Crippen LogP contribution is -2.58. The van der Waals surface area contributed by atoms with E-state index in [1.54, 1.807) is 6.92 Å². The Labute approximate surface area is 171 Å². The van der Waals surface area contributed by atoms with Crippen LogP contribution in [0.25, 0.3) is 0 Å². The van der Waals surface area contributed by atoms with E-state index >= 15 is 0 Å². The van der Waals surface area contributed by atoms with E-state index in [0.717, 1.165) is 18.7 Å². The lowest BCUT2D eigenvalue weighted by Gasteiger charge is -2.32. The Morgan fingerprint density at radius 2 is 1.70 bits per heavy atom. The number of hydrogen-bond donors (Lipinski definition) is 1. The first-order chi connectivity index (χ1) is 14.2. The van der Waals surface area contributed by atoms with E-state index in [1.807, 2.05) is 0 Å². The number of amides is 4. The zero-order chi connectivity index (χ0) is 22.4. The van der Waals surface area contributed by atoms with Gasteiger partial charge in [0.05, 0.1) is 0 Å². The molecule has 1 aromatic carbocycles. The van der Waals surface area contributed by atoms with E-state index in [4.69, 9.17) is 9.47 Å². The predicted molar refractivity (Wildman–Crippen MR) is 100 cm³/mol. The number of nitrogens with one attached hydrogen (secondary N) is 1. The molecule has 4 amide bonds. The van der Waals surface area contributed by atoms with E-state index in [0.29, 0.717) is 12.8 Å². The van der Waals surface area contributed by atoms with Gasteiger partial charge in [0, 0.05) is 33.5 Å². The van der Waals surface area contributed by atoms with Crippen molar-refractivity contribution in [2.45, 2.75) is 26.8 Å². The number of imide groups is 1. The number of aldehydes is 1. The third-order valence-electron chi connectivity index (χ3n) is 4.19. The van der Waals surface area contributed by atoms with Gasteiger partial charge in [0.25, 0.3) is 0 Å². The fraction of sp³-hybridized carbons (Fsp3) is 0.368. The number of urea groups is 1. The number of nitrogens with zero attached hydrogens (tertiary/aromatic N) is 2. The van der Waals surface area contributed by atoms with Crippen LogP contribution in [0.4, 0.5) is 4.79 Å². The highest BCUT2D eigenvalue weighted by Gasteiger charge is 2.36. The molecule has 0 radical (unpaired) electrons. The van der Waals surface area contributed by atoms with Gasteiger partial charge in [0.1, 0.15) is 12.3 Å². The summed E-state index contributed by atoms with van der Waals surface area (Å²) in [5.41, 5.74) is 0.205. The van der Waals surface area contributed by atoms with Crippen molar-refractivity contribution in [2.24, 2.45) is 0 Å². The van der Waals surface area contributed by atoms with E-state index in [9.17, 15) is 28.8 Å². The molecule has 2 rings (SSSR count). The maximum absolute atomic E-state index is 12.5. The number of esters is 2. The Bertz CT molecular complexity index is 898. The highest BCUT2D eigenvalue weighted by atomic mass is 16.6. The van der Waals surface area contributed by atoms with Crippen molar-refractivity contribution in [1.29, 1.82) is 0 Å². The maximum Gasteiger partial charge on any atom is 0.325 e. The lowest BCUT2D eigenvalue weighted by atomic mass is 10.1. The molecule has 11 heteroatoms. The van der Waals surface area contributed by atoms with Crippen molar-refractivity contribution in [2.75, 3.05) is 19.6 Å². The van der Waals surface area contributed by atoms with Gasteiger partial charge in [-0.2, -0.15) is 0 Å². The van der Waals surface area contributed by atoms with Crippen LogP contribution in [0, 0.1) is 0 Å². The third-order valence-corrected chi connectivity index (χ3v) is 4.19. The van der Waals surface area contributed by atoms with Crippen LogP contribution in [-0.2, 0) is 24.0 Å². The molecule has 11 nitrogen and oxygen atoms in total. The summed E-state index contributed by atoms with van der Waals surface area (Å²) in [5, 5.41) is 2.36. The van der Waals surface area contributed by atoms with Crippen molar-refractivity contribution in [3.8, 4) is 11.5 Å². The number of ether oxygens (including phenoxy) is 2. The van der Waals surface area contributed by atoms with Crippen LogP contribution < -0.4 is 14.8 Å². The second-order valence-electron chi connectivity index (χ2n) is 6.30. The van der Waals surface area contributed by atoms with E-state index in [1.165, 1.54) is 23.1 Å². The molecule has 0 aliphatic carbocycles. The molecule has 0 aromatic heterocycles. The van der Waals surface area contributed by atoms with Crippen molar-refractivity contribution < 1.29 is 38.2 Å². The molecule has 1 aliphatic heterocycles. The Hall–Kier alpha value is -3.76. The van der Waals surface area contributed by atoms with Crippen LogP contribution >= 0.6 is 0 Å². The molecule has 0 saturated carbocycles. The molecule has 1 saturated heterocycles. The number of likely N-dealkylation sites (N-methyl/N-ethyl adjacent to an activating group) is 1. The Morgan fingerprint density at radius 3 is 2.27 bits per heavy atom. The number of benzene rings is 1. The second-order valence-corrected chi connectivity index (χ2v) is 6.30. The van der Waals surface area contributed by atoms with Gasteiger partial charge in [0.2, 0.25) is 0 Å². The first kappa shape index (κ1) is 22.5. The highest BCUT2D eigenvalue weighted by molar-refractivity contribution is 6.38. The topological polar surface area (TPSA) is 139 Å². The molecule has 30 heavy (non-hydrogen) atoms. The van der Waals surface area contributed by atoms with Crippen molar-refractivity contribution >= 4 is 36.1 Å². The number of carbonyl (C=O) groups is 6. The van der Waals surface area contributed by atoms with Crippen LogP contribution in [0.15, 0.2) is 18.2 Å². The number of piperazine rings is 1. The highest BCUT2D eigenvalue weighted by Crippen LogP contribution is 2.31. The Morgan fingerprint density at radius 1 is 1.07 bits per heavy atom. The SMILES string of the molecule is CCN1CCN(C(=O)NC(C=O)c2ccc(OC(C)=O)c(OC(C)=O)c2)C(=O)C1=O. The number of rotatable bonds is 6. The summed E-state index contributed by atoms with van der Waals surface area (Å²) in [7, 11) is 0. The van der Waals surface area contributed by atoms with E-state index in [2.05, 4.69) is 5.32 Å². The average Bonchev–Trinajstić information content (AvgIpc) is 2.68. The normalized spacial score (nSPS) is 14.8. The number of hydrogen-bond acceptors (Lipinski definition) is 8. The van der Waals surface area contributed by atoms with Crippen LogP contribution in [0.5, 0.6) is 11.5 Å². The molecule has 160 valence electrons. The fourth-order valence-corrected chi connectivity index (χ4v) is 2.77. The van der Waals surface area contributed by atoms with Gasteiger partial charge in [0.15, 0.2) is 11.5 Å². The Kier molecular flexibility index (Phi) is 7.23. The molecule has 0 spiro atoms. The first-order valence-corrected chi connectivity index (χ1v) is 9.05. The maximum atomic E-state index is 12.5. The molecule has 1 aromatic rings. The van der Waals surface area contributed by atoms with Gasteiger partial charge in [-0.1, -0.05) is 6.07 Å². The van der Waals surface area contributed by atoms with Gasteiger partial charge < -0.3 is 24.5 Å². The van der Waals surface area contributed by atoms with Gasteiger partial charge in [-0.3, -0.25) is 24.1 Å². The first-order valence-electron chi connectivity index (χ1n) is 9.05. The zero-order valence-corrected chi connectivity index (χ0v) is 16.7. The summed E-state index contributed by atoms with van der Waals surface area (Å²) in [4.78, 5) is 72.7. The molecule has 1 atom stereocenters. The predicted octanol–water partition coefficient (Wildman–Crippen LogP) is 0.177. The minimum Gasteiger partial charge on any atom is -0.423 e. The second kappa shape index (κ2) is 9.63. The van der Waals surface area contributed by atoms with Crippen LogP contribution in [-0.4, -0.2) is 65.5 Å². The quantitative estimate of drug-likeness (QED) is 0.298. The molecular formula is C19H21N3O8. The standard InChI is InChI=1S/C19H21N3O8/c1-4-21-7-8-22(18(27)17(21)26)19(28)20-14(10-23)13-5-6-15(29-11(2)24)16(9-13)30-12(3)25/h5-6,9-10,14H,4,7-8H2,1-3H3,(H,20,28). The number of carbonyl (C=O) groups excluding carboxylic acids is 6. The van der Waals surface area contributed by atoms with Gasteiger partial charge in [-0.15, -0.1) is 0 Å². The monoisotopic (exact) mass is 419 g/mol. The summed E-state index contributed by atoms with van der Waals surface area (Å²) in [6.45, 7) is 4.53. The van der Waals surface area contributed by atoms with Gasteiger partial charge >= 0.3 is 29.8 Å². The Balaban J connectivity index is 2.22. The minimum absolute atomic E-state index is 0.0140. The molecule has 1 N–H and O–H groups in total. The zero-order valence-electron chi connectivity index (χ0n) is 16.7. The lowest BCUT2D eigenvalue weighted by molar-refractivity contribution is -0.153. The van der Waals surface area contributed by atoms with Gasteiger partial charge in [-0.25, -0.2) is 4.79 Å². The molecule has 1 aliphatic rings. The fourth-order valence-electron chi connectivity index (χ4n) is 2.77. The average molecular weight is 419 g/mol. The summed E-state index contributed by atoms with van der Waals surface area (Å²) in [6, 6.07) is 1.80. The molecular weight excluding hydrogens is 398 g/mol. The summed E-state index contributed by atoms with van der Waals surface area (Å²) < 4.78 is 9.95. The van der Waals surface area contributed by atoms with E-state index in [-0.39, 0.29) is 30.2 Å². The third kappa shape index (κ3) is 5.19. The summed E-state index contributed by atoms with van der Waals surface area (Å²) in [5.74, 6) is -3.30. The van der Waals surface area contributed by atoms with Crippen LogP contribution in [0.1, 0.15) is 32.4 Å². The minimum atomic E-state index is -1.22. The van der Waals surface area contributed by atoms with Gasteiger partial charge in [-0.05, 0) is 24.6 Å².